The summed E-state index contributed by atoms with van der Waals surface area (Å²) in [5.41, 5.74) is 1.07. The lowest BCUT2D eigenvalue weighted by Gasteiger charge is -2.10. The van der Waals surface area contributed by atoms with E-state index in [2.05, 4.69) is 12.1 Å². The third-order valence-electron chi connectivity index (χ3n) is 3.09. The van der Waals surface area contributed by atoms with Crippen molar-refractivity contribution in [1.82, 2.24) is 0 Å². The fourth-order valence-corrected chi connectivity index (χ4v) is 3.40. The van der Waals surface area contributed by atoms with Gasteiger partial charge in [0.25, 0.3) is 0 Å². The van der Waals surface area contributed by atoms with Gasteiger partial charge in [-0.25, -0.2) is 0 Å². The largest absolute Gasteiger partial charge is 0.392 e. The third kappa shape index (κ3) is 2.99. The molecule has 2 rings (SSSR count). The Morgan fingerprint density at radius 1 is 1.20 bits per heavy atom. The van der Waals surface area contributed by atoms with Gasteiger partial charge in [-0.05, 0) is 30.4 Å². The fraction of sp³-hybridized carbons (Fsp3) is 0.538. The van der Waals surface area contributed by atoms with E-state index in [0.29, 0.717) is 0 Å². The van der Waals surface area contributed by atoms with Crippen molar-refractivity contribution < 1.29 is 5.11 Å². The van der Waals surface area contributed by atoms with Crippen LogP contribution in [0, 0.1) is 5.92 Å². The fourth-order valence-electron chi connectivity index (χ4n) is 2.16. The first-order valence-electron chi connectivity index (χ1n) is 5.71. The number of hydrogen-bond donors (Lipinski definition) is 1. The molecule has 0 aromatic heterocycles. The van der Waals surface area contributed by atoms with Gasteiger partial charge in [0, 0.05) is 10.6 Å². The Morgan fingerprint density at radius 2 is 1.93 bits per heavy atom. The van der Waals surface area contributed by atoms with E-state index in [4.69, 9.17) is 0 Å². The molecule has 1 N–H and O–H groups in total. The number of aliphatic hydroxyl groups is 1. The van der Waals surface area contributed by atoms with Crippen molar-refractivity contribution in [2.75, 3.05) is 5.75 Å². The average molecular weight is 222 g/mol. The number of aliphatic hydroxyl groups excluding tert-OH is 1. The third-order valence-corrected chi connectivity index (χ3v) is 4.44. The summed E-state index contributed by atoms with van der Waals surface area (Å²) < 4.78 is 0. The first-order chi connectivity index (χ1) is 7.40. The molecule has 1 aliphatic rings. The summed E-state index contributed by atoms with van der Waals surface area (Å²) in [6.45, 7) is 0.161. The molecule has 0 heterocycles. The minimum absolute atomic E-state index is 0.161. The normalized spacial score (nSPS) is 17.1. The molecule has 0 amide bonds. The molecule has 0 radical (unpaired) electrons. The zero-order valence-corrected chi connectivity index (χ0v) is 9.80. The monoisotopic (exact) mass is 222 g/mol. The molecule has 2 heteroatoms. The summed E-state index contributed by atoms with van der Waals surface area (Å²) in [5, 5.41) is 9.20. The zero-order valence-electron chi connectivity index (χ0n) is 8.98. The molecule has 1 aliphatic carbocycles. The lowest BCUT2D eigenvalue weighted by Crippen LogP contribution is -1.97. The molecule has 1 aromatic rings. The molecule has 1 saturated carbocycles. The molecular weight excluding hydrogens is 204 g/mol. The van der Waals surface area contributed by atoms with Crippen molar-refractivity contribution in [2.45, 2.75) is 37.2 Å². The van der Waals surface area contributed by atoms with Crippen LogP contribution in [0.4, 0.5) is 0 Å². The molecular formula is C13H18OS. The van der Waals surface area contributed by atoms with E-state index in [1.54, 1.807) is 0 Å². The van der Waals surface area contributed by atoms with Crippen molar-refractivity contribution in [3.63, 3.8) is 0 Å². The molecule has 1 nitrogen and oxygen atoms in total. The van der Waals surface area contributed by atoms with Gasteiger partial charge in [-0.3, -0.25) is 0 Å². The van der Waals surface area contributed by atoms with E-state index >= 15 is 0 Å². The van der Waals surface area contributed by atoms with Crippen molar-refractivity contribution in [1.29, 1.82) is 0 Å². The Labute approximate surface area is 95.9 Å². The summed E-state index contributed by atoms with van der Waals surface area (Å²) in [6.07, 6.45) is 5.61. The lowest BCUT2D eigenvalue weighted by atomic mass is 10.1. The van der Waals surface area contributed by atoms with Crippen LogP contribution < -0.4 is 0 Å². The Bertz CT molecular complexity index is 305. The van der Waals surface area contributed by atoms with Crippen molar-refractivity contribution >= 4 is 11.8 Å². The maximum atomic E-state index is 9.20. The highest BCUT2D eigenvalue weighted by atomic mass is 32.2. The van der Waals surface area contributed by atoms with Crippen LogP contribution in [0.15, 0.2) is 29.2 Å². The van der Waals surface area contributed by atoms with Gasteiger partial charge in [0.2, 0.25) is 0 Å². The number of thioether (sulfide) groups is 1. The molecule has 0 saturated heterocycles. The van der Waals surface area contributed by atoms with E-state index in [-0.39, 0.29) is 6.61 Å². The Morgan fingerprint density at radius 3 is 2.67 bits per heavy atom. The van der Waals surface area contributed by atoms with Crippen LogP contribution in [-0.4, -0.2) is 10.9 Å². The van der Waals surface area contributed by atoms with Gasteiger partial charge in [-0.1, -0.05) is 31.0 Å². The molecule has 82 valence electrons. The topological polar surface area (TPSA) is 20.2 Å². The van der Waals surface area contributed by atoms with Gasteiger partial charge in [0.05, 0.1) is 6.61 Å². The first-order valence-corrected chi connectivity index (χ1v) is 6.70. The average Bonchev–Trinajstić information content (AvgIpc) is 2.79. The van der Waals surface area contributed by atoms with Crippen LogP contribution in [-0.2, 0) is 6.61 Å². The Hall–Kier alpha value is -0.470. The van der Waals surface area contributed by atoms with Crippen LogP contribution in [0.3, 0.4) is 0 Å². The molecule has 1 fully saturated rings. The van der Waals surface area contributed by atoms with Crippen LogP contribution in [0.25, 0.3) is 0 Å². The first kappa shape index (κ1) is 11.0. The van der Waals surface area contributed by atoms with Crippen molar-refractivity contribution in [3.05, 3.63) is 29.8 Å². The summed E-state index contributed by atoms with van der Waals surface area (Å²) in [6, 6.07) is 8.17. The molecule has 0 atom stereocenters. The summed E-state index contributed by atoms with van der Waals surface area (Å²) in [4.78, 5) is 1.26. The van der Waals surface area contributed by atoms with E-state index in [0.717, 1.165) is 11.5 Å². The minimum Gasteiger partial charge on any atom is -0.392 e. The number of benzene rings is 1. The number of hydrogen-bond acceptors (Lipinski definition) is 2. The highest BCUT2D eigenvalue weighted by Crippen LogP contribution is 2.32. The van der Waals surface area contributed by atoms with Gasteiger partial charge < -0.3 is 5.11 Å². The standard InChI is InChI=1S/C13H18OS/c14-9-12-7-3-4-8-13(12)15-10-11-5-1-2-6-11/h3-4,7-8,11,14H,1-2,5-6,9-10H2. The second-order valence-corrected chi connectivity index (χ2v) is 5.29. The zero-order chi connectivity index (χ0) is 10.5. The molecule has 0 bridgehead atoms. The van der Waals surface area contributed by atoms with Crippen LogP contribution in [0.1, 0.15) is 31.2 Å². The van der Waals surface area contributed by atoms with E-state index in [1.807, 2.05) is 23.9 Å². The predicted octanol–water partition coefficient (Wildman–Crippen LogP) is 3.46. The Balaban J connectivity index is 1.91. The smallest absolute Gasteiger partial charge is 0.0692 e. The summed E-state index contributed by atoms with van der Waals surface area (Å²) in [7, 11) is 0. The van der Waals surface area contributed by atoms with Crippen LogP contribution in [0.2, 0.25) is 0 Å². The highest BCUT2D eigenvalue weighted by Gasteiger charge is 2.15. The maximum absolute atomic E-state index is 9.20. The highest BCUT2D eigenvalue weighted by molar-refractivity contribution is 7.99. The summed E-state index contributed by atoms with van der Waals surface area (Å²) in [5.74, 6) is 2.12. The Kier molecular flexibility index (Phi) is 4.09. The van der Waals surface area contributed by atoms with Crippen LogP contribution >= 0.6 is 11.8 Å². The molecule has 1 aromatic carbocycles. The molecule has 0 spiro atoms. The van der Waals surface area contributed by atoms with Gasteiger partial charge in [-0.15, -0.1) is 11.8 Å². The lowest BCUT2D eigenvalue weighted by molar-refractivity contribution is 0.279. The second-order valence-electron chi connectivity index (χ2n) is 4.23. The molecule has 0 unspecified atom stereocenters. The SMILES string of the molecule is OCc1ccccc1SCC1CCCC1. The van der Waals surface area contributed by atoms with Gasteiger partial charge in [0.1, 0.15) is 0 Å². The predicted molar refractivity (Wildman–Crippen MR) is 65.0 cm³/mol. The summed E-state index contributed by atoms with van der Waals surface area (Å²) >= 11 is 1.91. The molecule has 15 heavy (non-hydrogen) atoms. The van der Waals surface area contributed by atoms with Crippen molar-refractivity contribution in [3.8, 4) is 0 Å². The quantitative estimate of drug-likeness (QED) is 0.787. The van der Waals surface area contributed by atoms with Gasteiger partial charge in [0.15, 0.2) is 0 Å². The number of rotatable bonds is 4. The van der Waals surface area contributed by atoms with E-state index < -0.39 is 0 Å². The molecule has 0 aliphatic heterocycles. The minimum atomic E-state index is 0.161. The second kappa shape index (κ2) is 5.57. The van der Waals surface area contributed by atoms with E-state index in [9.17, 15) is 5.11 Å². The van der Waals surface area contributed by atoms with Crippen molar-refractivity contribution in [2.24, 2.45) is 5.92 Å². The van der Waals surface area contributed by atoms with Crippen LogP contribution in [0.5, 0.6) is 0 Å². The van der Waals surface area contributed by atoms with E-state index in [1.165, 1.54) is 36.3 Å². The van der Waals surface area contributed by atoms with Gasteiger partial charge in [-0.2, -0.15) is 0 Å². The van der Waals surface area contributed by atoms with Gasteiger partial charge >= 0.3 is 0 Å². The maximum Gasteiger partial charge on any atom is 0.0692 e.